The van der Waals surface area contributed by atoms with E-state index in [1.807, 2.05) is 0 Å². The zero-order chi connectivity index (χ0) is 34.3. The highest BCUT2D eigenvalue weighted by Gasteiger charge is 2.36. The molecule has 0 saturated heterocycles. The Hall–Kier alpha value is -1.69. The van der Waals surface area contributed by atoms with Crippen molar-refractivity contribution in [3.05, 3.63) is 0 Å². The summed E-state index contributed by atoms with van der Waals surface area (Å²) in [6, 6.07) is 6.36. The topological polar surface area (TPSA) is 143 Å². The van der Waals surface area contributed by atoms with E-state index in [9.17, 15) is 20.1 Å². The van der Waals surface area contributed by atoms with Gasteiger partial charge in [0.2, 0.25) is 16.6 Å². The zero-order valence-electron chi connectivity index (χ0n) is 29.7. The summed E-state index contributed by atoms with van der Waals surface area (Å²) in [4.78, 5) is 25.1. The highest BCUT2D eigenvalue weighted by molar-refractivity contribution is 6.85. The molecule has 252 valence electrons. The third-order valence-electron chi connectivity index (χ3n) is 7.14. The van der Waals surface area contributed by atoms with Crippen LogP contribution in [0, 0.1) is 22.7 Å². The number of nitrogens with zero attached hydrogens (tertiary/aromatic N) is 4. The van der Waals surface area contributed by atoms with E-state index in [1.165, 1.54) is 0 Å². The van der Waals surface area contributed by atoms with Crippen LogP contribution in [0.3, 0.4) is 0 Å². The van der Waals surface area contributed by atoms with E-state index in [-0.39, 0.29) is 38.1 Å². The Morgan fingerprint density at radius 2 is 0.955 bits per heavy atom. The standard InChI is InChI=1S/C30H60N4O6Si4/c1-13-15-21-41(5,6)39-43(9,10)25-37-27(35)17-19-29(3,23-31)33-34-30(4,24-32)20-18-28(36)38-26-44(11,12)40-42(7,8)22-16-14-2/h13-22,25-26H2,1-12H3. The van der Waals surface area contributed by atoms with Crippen LogP contribution < -0.4 is 0 Å². The van der Waals surface area contributed by atoms with Gasteiger partial charge < -0.3 is 17.7 Å². The second-order valence-corrected chi connectivity index (χ2v) is 32.0. The van der Waals surface area contributed by atoms with Crippen LogP contribution in [-0.4, -0.2) is 68.7 Å². The Balaban J connectivity index is 4.98. The predicted molar refractivity (Wildman–Crippen MR) is 185 cm³/mol. The van der Waals surface area contributed by atoms with Gasteiger partial charge in [0.15, 0.2) is 27.7 Å². The number of hydrogen-bond donors (Lipinski definition) is 0. The number of hydrogen-bond acceptors (Lipinski definition) is 10. The first-order valence-electron chi connectivity index (χ1n) is 16.0. The van der Waals surface area contributed by atoms with Gasteiger partial charge in [-0.3, -0.25) is 9.59 Å². The minimum Gasteiger partial charge on any atom is -0.466 e. The molecule has 0 aromatic carbocycles. The molecule has 0 spiro atoms. The third-order valence-corrected chi connectivity index (χ3v) is 20.8. The molecule has 14 heteroatoms. The molecule has 0 aliphatic rings. The van der Waals surface area contributed by atoms with Gasteiger partial charge in [-0.2, -0.15) is 20.8 Å². The summed E-state index contributed by atoms with van der Waals surface area (Å²) in [7, 11) is -8.03. The summed E-state index contributed by atoms with van der Waals surface area (Å²) in [5.74, 6) is -0.840. The van der Waals surface area contributed by atoms with Crippen LogP contribution in [-0.2, 0) is 27.3 Å². The Morgan fingerprint density at radius 1 is 0.636 bits per heavy atom. The van der Waals surface area contributed by atoms with Crippen molar-refractivity contribution in [3.8, 4) is 12.1 Å². The number of azo groups is 1. The van der Waals surface area contributed by atoms with Crippen molar-refractivity contribution in [1.29, 1.82) is 10.5 Å². The van der Waals surface area contributed by atoms with E-state index >= 15 is 0 Å². The molecule has 0 saturated carbocycles. The van der Waals surface area contributed by atoms with E-state index < -0.39 is 56.3 Å². The van der Waals surface area contributed by atoms with Gasteiger partial charge in [0.1, 0.15) is 12.5 Å². The molecule has 0 rings (SSSR count). The molecule has 44 heavy (non-hydrogen) atoms. The molecule has 0 aliphatic carbocycles. The van der Waals surface area contributed by atoms with Crippen molar-refractivity contribution in [2.24, 2.45) is 10.2 Å². The smallest absolute Gasteiger partial charge is 0.305 e. The molecule has 0 fully saturated rings. The van der Waals surface area contributed by atoms with Gasteiger partial charge in [-0.25, -0.2) is 0 Å². The Bertz CT molecular complexity index is 962. The highest BCUT2D eigenvalue weighted by atomic mass is 28.4. The monoisotopic (exact) mass is 684 g/mol. The van der Waals surface area contributed by atoms with Crippen molar-refractivity contribution in [3.63, 3.8) is 0 Å². The molecule has 0 heterocycles. The number of nitriles is 2. The van der Waals surface area contributed by atoms with Crippen molar-refractivity contribution >= 4 is 45.2 Å². The minimum atomic E-state index is -2.20. The molecular formula is C30H60N4O6Si4. The van der Waals surface area contributed by atoms with Crippen LogP contribution >= 0.6 is 0 Å². The van der Waals surface area contributed by atoms with Crippen LogP contribution in [0.2, 0.25) is 64.5 Å². The van der Waals surface area contributed by atoms with Crippen molar-refractivity contribution in [1.82, 2.24) is 0 Å². The quantitative estimate of drug-likeness (QED) is 0.0631. The summed E-state index contributed by atoms with van der Waals surface area (Å²) in [5, 5.41) is 27.9. The van der Waals surface area contributed by atoms with Gasteiger partial charge in [-0.1, -0.05) is 39.5 Å². The maximum atomic E-state index is 12.5. The van der Waals surface area contributed by atoms with Crippen LogP contribution in [0.1, 0.15) is 79.1 Å². The molecule has 0 bridgehead atoms. The molecule has 2 atom stereocenters. The van der Waals surface area contributed by atoms with Crippen LogP contribution in [0.4, 0.5) is 0 Å². The van der Waals surface area contributed by atoms with Crippen LogP contribution in [0.25, 0.3) is 0 Å². The highest BCUT2D eigenvalue weighted by Crippen LogP contribution is 2.26. The number of rotatable bonds is 22. The average Bonchev–Trinajstić information content (AvgIpc) is 2.92. The van der Waals surface area contributed by atoms with Gasteiger partial charge in [0.25, 0.3) is 0 Å². The number of esters is 2. The molecule has 0 N–H and O–H groups in total. The summed E-state index contributed by atoms with van der Waals surface area (Å²) in [6.45, 7) is 24.5. The maximum Gasteiger partial charge on any atom is 0.305 e. The minimum absolute atomic E-state index is 0.0142. The largest absolute Gasteiger partial charge is 0.466 e. The second kappa shape index (κ2) is 18.5. The van der Waals surface area contributed by atoms with E-state index in [0.29, 0.717) is 0 Å². The van der Waals surface area contributed by atoms with Crippen LogP contribution in [0.5, 0.6) is 0 Å². The lowest BCUT2D eigenvalue weighted by atomic mass is 9.97. The van der Waals surface area contributed by atoms with Crippen molar-refractivity contribution < 1.29 is 27.3 Å². The fraction of sp³-hybridized carbons (Fsp3) is 0.867. The van der Waals surface area contributed by atoms with E-state index in [1.54, 1.807) is 13.8 Å². The Kier molecular flexibility index (Phi) is 17.7. The molecule has 10 nitrogen and oxygen atoms in total. The van der Waals surface area contributed by atoms with Crippen molar-refractivity contribution in [2.75, 3.05) is 12.5 Å². The SMILES string of the molecule is CCCC[Si](C)(C)O[Si](C)(C)COC(=O)CCC(C)(C#N)N=NC(C)(C#N)CCC(=O)OC[Si](C)(C)O[Si](C)(C)CCCC. The molecule has 0 radical (unpaired) electrons. The number of unbranched alkanes of at least 4 members (excludes halogenated alkanes) is 2. The Morgan fingerprint density at radius 3 is 1.23 bits per heavy atom. The fourth-order valence-corrected chi connectivity index (χ4v) is 21.4. The first-order chi connectivity index (χ1) is 20.1. The summed E-state index contributed by atoms with van der Waals surface area (Å²) in [6.07, 6.45) is 5.18. The molecule has 0 amide bonds. The third kappa shape index (κ3) is 19.0. The van der Waals surface area contributed by atoms with Crippen LogP contribution in [0.15, 0.2) is 10.2 Å². The van der Waals surface area contributed by atoms with E-state index in [0.717, 1.165) is 37.8 Å². The lowest BCUT2D eigenvalue weighted by Crippen LogP contribution is -2.48. The van der Waals surface area contributed by atoms with Gasteiger partial charge >= 0.3 is 11.9 Å². The molecule has 0 aromatic rings. The summed E-state index contributed by atoms with van der Waals surface area (Å²) >= 11 is 0. The number of carbonyl (C=O) groups is 2. The maximum absolute atomic E-state index is 12.5. The average molecular weight is 685 g/mol. The lowest BCUT2D eigenvalue weighted by Gasteiger charge is -2.33. The van der Waals surface area contributed by atoms with Crippen molar-refractivity contribution in [2.45, 2.75) is 155 Å². The fourth-order valence-electron chi connectivity index (χ4n) is 4.68. The van der Waals surface area contributed by atoms with Gasteiger partial charge in [0, 0.05) is 12.8 Å². The van der Waals surface area contributed by atoms with E-state index in [2.05, 4.69) is 88.6 Å². The molecule has 0 aromatic heterocycles. The summed E-state index contributed by atoms with van der Waals surface area (Å²) in [5.41, 5.74) is -2.64. The first kappa shape index (κ1) is 42.3. The van der Waals surface area contributed by atoms with E-state index in [4.69, 9.17) is 17.7 Å². The first-order valence-corrected chi connectivity index (χ1v) is 28.5. The van der Waals surface area contributed by atoms with Gasteiger partial charge in [0.05, 0.1) is 12.1 Å². The van der Waals surface area contributed by atoms with Gasteiger partial charge in [-0.05, 0) is 91.2 Å². The Labute approximate surface area is 271 Å². The lowest BCUT2D eigenvalue weighted by molar-refractivity contribution is -0.143. The second-order valence-electron chi connectivity index (χ2n) is 14.7. The van der Waals surface area contributed by atoms with Gasteiger partial charge in [-0.15, -0.1) is 0 Å². The zero-order valence-corrected chi connectivity index (χ0v) is 33.7. The molecule has 0 aliphatic heterocycles. The normalized spacial score (nSPS) is 15.6. The predicted octanol–water partition coefficient (Wildman–Crippen LogP) is 8.18. The molecule has 2 unspecified atom stereocenters. The molecular weight excluding hydrogens is 625 g/mol. The number of carbonyl (C=O) groups excluding carboxylic acids is 2. The summed E-state index contributed by atoms with van der Waals surface area (Å²) < 4.78 is 24.1. The number of ether oxygens (including phenoxy) is 2.